The third kappa shape index (κ3) is 3.18. The van der Waals surface area contributed by atoms with E-state index in [1.54, 1.807) is 0 Å². The van der Waals surface area contributed by atoms with Gasteiger partial charge in [-0.15, -0.1) is 0 Å². The van der Waals surface area contributed by atoms with E-state index in [1.165, 1.54) is 24.8 Å². The fourth-order valence-corrected chi connectivity index (χ4v) is 3.93. The zero-order valence-corrected chi connectivity index (χ0v) is 12.3. The lowest BCUT2D eigenvalue weighted by molar-refractivity contribution is -0.142. The van der Waals surface area contributed by atoms with E-state index in [0.717, 1.165) is 19.4 Å². The molecule has 1 aromatic rings. The van der Waals surface area contributed by atoms with Crippen LogP contribution in [0.15, 0.2) is 36.4 Å². The molecule has 1 aromatic carbocycles. The third-order valence-corrected chi connectivity index (χ3v) is 4.93. The molecule has 0 amide bonds. The maximum absolute atomic E-state index is 11.5. The Morgan fingerprint density at radius 1 is 1.24 bits per heavy atom. The maximum atomic E-state index is 11.5. The fourth-order valence-electron chi connectivity index (χ4n) is 3.93. The van der Waals surface area contributed by atoms with Gasteiger partial charge in [0, 0.05) is 12.6 Å². The minimum absolute atomic E-state index is 0.293. The SMILES string of the molecule is O=C(O)[C@@H]1C[C@H]2CCCC[C@H]2N1C/C=C/c1ccccc1. The van der Waals surface area contributed by atoms with Gasteiger partial charge < -0.3 is 5.11 Å². The molecule has 0 bridgehead atoms. The maximum Gasteiger partial charge on any atom is 0.320 e. The summed E-state index contributed by atoms with van der Waals surface area (Å²) in [6.07, 6.45) is 9.91. The molecule has 0 radical (unpaired) electrons. The number of rotatable bonds is 4. The van der Waals surface area contributed by atoms with Crippen LogP contribution in [0, 0.1) is 5.92 Å². The average Bonchev–Trinajstić information content (AvgIpc) is 2.88. The topological polar surface area (TPSA) is 40.5 Å². The number of carboxylic acids is 1. The standard InChI is InChI=1S/C18H23NO2/c20-18(21)17-13-15-10-4-5-11-16(15)19(17)12-6-9-14-7-2-1-3-8-14/h1-3,6-9,15-17H,4-5,10-13H2,(H,20,21)/b9-6+/t15-,16-,17+/m1/s1. The molecule has 1 saturated heterocycles. The van der Waals surface area contributed by atoms with Crippen molar-refractivity contribution < 1.29 is 9.90 Å². The van der Waals surface area contributed by atoms with E-state index >= 15 is 0 Å². The van der Waals surface area contributed by atoms with Crippen molar-refractivity contribution in [2.45, 2.75) is 44.2 Å². The molecule has 0 unspecified atom stereocenters. The molecule has 1 heterocycles. The molecule has 1 N–H and O–H groups in total. The summed E-state index contributed by atoms with van der Waals surface area (Å²) >= 11 is 0. The second-order valence-electron chi connectivity index (χ2n) is 6.21. The van der Waals surface area contributed by atoms with Crippen molar-refractivity contribution in [3.63, 3.8) is 0 Å². The molecule has 3 rings (SSSR count). The molecule has 1 aliphatic carbocycles. The van der Waals surface area contributed by atoms with Gasteiger partial charge in [0.05, 0.1) is 0 Å². The van der Waals surface area contributed by atoms with Crippen molar-refractivity contribution in [1.29, 1.82) is 0 Å². The molecule has 3 nitrogen and oxygen atoms in total. The Bertz CT molecular complexity index is 511. The fraction of sp³-hybridized carbons (Fsp3) is 0.500. The van der Waals surface area contributed by atoms with E-state index in [4.69, 9.17) is 0 Å². The zero-order valence-electron chi connectivity index (χ0n) is 12.3. The molecule has 1 aliphatic heterocycles. The first-order valence-corrected chi connectivity index (χ1v) is 7.96. The van der Waals surface area contributed by atoms with Crippen LogP contribution in [-0.4, -0.2) is 34.6 Å². The lowest BCUT2D eigenvalue weighted by atomic mass is 9.85. The molecule has 0 spiro atoms. The lowest BCUT2D eigenvalue weighted by Gasteiger charge is -2.32. The molecule has 2 fully saturated rings. The van der Waals surface area contributed by atoms with Gasteiger partial charge in [0.2, 0.25) is 0 Å². The van der Waals surface area contributed by atoms with Crippen LogP contribution in [0.2, 0.25) is 0 Å². The van der Waals surface area contributed by atoms with Gasteiger partial charge >= 0.3 is 5.97 Å². The number of benzene rings is 1. The molecule has 112 valence electrons. The van der Waals surface area contributed by atoms with Crippen LogP contribution >= 0.6 is 0 Å². The molecular weight excluding hydrogens is 262 g/mol. The van der Waals surface area contributed by atoms with Crippen LogP contribution < -0.4 is 0 Å². The van der Waals surface area contributed by atoms with E-state index in [1.807, 2.05) is 18.2 Å². The molecule has 3 atom stereocenters. The number of aliphatic carboxylic acids is 1. The van der Waals surface area contributed by atoms with Crippen molar-refractivity contribution in [2.24, 2.45) is 5.92 Å². The first-order chi connectivity index (χ1) is 10.3. The minimum atomic E-state index is -0.655. The number of fused-ring (bicyclic) bond motifs is 1. The molecular formula is C18H23NO2. The first-order valence-electron chi connectivity index (χ1n) is 7.96. The van der Waals surface area contributed by atoms with E-state index in [0.29, 0.717) is 12.0 Å². The van der Waals surface area contributed by atoms with Crippen molar-refractivity contribution in [2.75, 3.05) is 6.54 Å². The van der Waals surface area contributed by atoms with Gasteiger partial charge in [-0.05, 0) is 30.7 Å². The largest absolute Gasteiger partial charge is 0.480 e. The smallest absolute Gasteiger partial charge is 0.320 e. The van der Waals surface area contributed by atoms with E-state index in [9.17, 15) is 9.90 Å². The van der Waals surface area contributed by atoms with Crippen LogP contribution in [0.5, 0.6) is 0 Å². The van der Waals surface area contributed by atoms with Crippen molar-refractivity contribution >= 4 is 12.0 Å². The second-order valence-corrected chi connectivity index (χ2v) is 6.21. The highest BCUT2D eigenvalue weighted by Crippen LogP contribution is 2.39. The van der Waals surface area contributed by atoms with E-state index < -0.39 is 5.97 Å². The van der Waals surface area contributed by atoms with Gasteiger partial charge in [-0.3, -0.25) is 9.69 Å². The molecule has 2 aliphatic rings. The van der Waals surface area contributed by atoms with Crippen LogP contribution in [0.4, 0.5) is 0 Å². The summed E-state index contributed by atoms with van der Waals surface area (Å²) in [5.74, 6) is -0.0671. The van der Waals surface area contributed by atoms with Crippen LogP contribution in [0.3, 0.4) is 0 Å². The normalized spacial score (nSPS) is 29.6. The van der Waals surface area contributed by atoms with Gasteiger partial charge in [-0.1, -0.05) is 55.3 Å². The van der Waals surface area contributed by atoms with Gasteiger partial charge in [-0.2, -0.15) is 0 Å². The van der Waals surface area contributed by atoms with Gasteiger partial charge in [0.1, 0.15) is 6.04 Å². The highest BCUT2D eigenvalue weighted by molar-refractivity contribution is 5.74. The Labute approximate surface area is 126 Å². The summed E-state index contributed by atoms with van der Waals surface area (Å²) < 4.78 is 0. The van der Waals surface area contributed by atoms with Crippen LogP contribution in [0.25, 0.3) is 6.08 Å². The zero-order chi connectivity index (χ0) is 14.7. The van der Waals surface area contributed by atoms with Crippen molar-refractivity contribution in [3.8, 4) is 0 Å². The number of carboxylic acid groups (broad SMARTS) is 1. The minimum Gasteiger partial charge on any atom is -0.480 e. The number of carbonyl (C=O) groups is 1. The molecule has 1 saturated carbocycles. The monoisotopic (exact) mass is 285 g/mol. The quantitative estimate of drug-likeness (QED) is 0.921. The lowest BCUT2D eigenvalue weighted by Crippen LogP contribution is -2.42. The number of nitrogens with zero attached hydrogens (tertiary/aromatic N) is 1. The first kappa shape index (κ1) is 14.3. The Morgan fingerprint density at radius 2 is 2.00 bits per heavy atom. The summed E-state index contributed by atoms with van der Waals surface area (Å²) in [5.41, 5.74) is 1.17. The number of hydrogen-bond acceptors (Lipinski definition) is 2. The summed E-state index contributed by atoms with van der Waals surface area (Å²) in [7, 11) is 0. The van der Waals surface area contributed by atoms with Gasteiger partial charge in [0.15, 0.2) is 0 Å². The highest BCUT2D eigenvalue weighted by atomic mass is 16.4. The van der Waals surface area contributed by atoms with Crippen LogP contribution in [0.1, 0.15) is 37.7 Å². The van der Waals surface area contributed by atoms with E-state index in [2.05, 4.69) is 29.2 Å². The number of hydrogen-bond donors (Lipinski definition) is 1. The van der Waals surface area contributed by atoms with Crippen LogP contribution in [-0.2, 0) is 4.79 Å². The molecule has 3 heteroatoms. The predicted molar refractivity (Wildman–Crippen MR) is 84.0 cm³/mol. The van der Waals surface area contributed by atoms with Crippen molar-refractivity contribution in [1.82, 2.24) is 4.90 Å². The summed E-state index contributed by atoms with van der Waals surface area (Å²) in [6, 6.07) is 10.4. The Hall–Kier alpha value is -1.61. The molecule has 0 aromatic heterocycles. The highest BCUT2D eigenvalue weighted by Gasteiger charge is 2.44. The Kier molecular flexibility index (Phi) is 4.39. The van der Waals surface area contributed by atoms with Gasteiger partial charge in [-0.25, -0.2) is 0 Å². The Morgan fingerprint density at radius 3 is 2.76 bits per heavy atom. The number of likely N-dealkylation sites (tertiary alicyclic amines) is 1. The summed E-state index contributed by atoms with van der Waals surface area (Å²) in [4.78, 5) is 13.7. The summed E-state index contributed by atoms with van der Waals surface area (Å²) in [5, 5.41) is 9.48. The second kappa shape index (κ2) is 6.44. The van der Waals surface area contributed by atoms with E-state index in [-0.39, 0.29) is 6.04 Å². The molecule has 21 heavy (non-hydrogen) atoms. The summed E-state index contributed by atoms with van der Waals surface area (Å²) in [6.45, 7) is 0.743. The Balaban J connectivity index is 1.69. The average molecular weight is 285 g/mol. The third-order valence-electron chi connectivity index (χ3n) is 4.93. The van der Waals surface area contributed by atoms with Gasteiger partial charge in [0.25, 0.3) is 0 Å². The predicted octanol–water partition coefficient (Wildman–Crippen LogP) is 3.42. The van der Waals surface area contributed by atoms with Crippen molar-refractivity contribution in [3.05, 3.63) is 42.0 Å².